The zero-order valence-electron chi connectivity index (χ0n) is 16.2. The van der Waals surface area contributed by atoms with Gasteiger partial charge in [0.2, 0.25) is 0 Å². The summed E-state index contributed by atoms with van der Waals surface area (Å²) in [5, 5.41) is 0.419. The maximum atomic E-state index is 12.6. The molecule has 0 unspecified atom stereocenters. The van der Waals surface area contributed by atoms with Gasteiger partial charge in [-0.05, 0) is 60.6 Å². The summed E-state index contributed by atoms with van der Waals surface area (Å²) in [5.74, 6) is 0.929. The second-order valence-corrected chi connectivity index (χ2v) is 8.64. The van der Waals surface area contributed by atoms with Crippen LogP contribution in [0.1, 0.15) is 11.3 Å². The quantitative estimate of drug-likeness (QED) is 0.432. The number of thioether (sulfide) groups is 1. The fourth-order valence-electron chi connectivity index (χ4n) is 2.85. The molecular weight excluding hydrogens is 418 g/mol. The number of hydrogen-bond donors (Lipinski definition) is 0. The number of ether oxygens (including phenoxy) is 1. The van der Waals surface area contributed by atoms with Crippen LogP contribution in [0.2, 0.25) is 0 Å². The topological polar surface area (TPSA) is 59.8 Å². The highest BCUT2D eigenvalue weighted by molar-refractivity contribution is 8.18. The minimum Gasteiger partial charge on any atom is -0.492 e. The van der Waals surface area contributed by atoms with Crippen LogP contribution in [0.4, 0.5) is 4.79 Å². The first-order valence-corrected chi connectivity index (χ1v) is 11.0. The van der Waals surface area contributed by atoms with Gasteiger partial charge in [0, 0.05) is 11.0 Å². The van der Waals surface area contributed by atoms with Gasteiger partial charge in [0.15, 0.2) is 5.09 Å². The van der Waals surface area contributed by atoms with Crippen molar-refractivity contribution >= 4 is 40.7 Å². The fraction of sp³-hybridized carbons (Fsp3) is 0.130. The summed E-state index contributed by atoms with van der Waals surface area (Å²) in [5.41, 5.74) is 1.09. The van der Waals surface area contributed by atoms with Gasteiger partial charge in [0.25, 0.3) is 11.1 Å². The predicted molar refractivity (Wildman–Crippen MR) is 119 cm³/mol. The van der Waals surface area contributed by atoms with Gasteiger partial charge in [-0.1, -0.05) is 42.1 Å². The molecule has 7 heteroatoms. The van der Waals surface area contributed by atoms with E-state index in [-0.39, 0.29) is 24.3 Å². The first-order chi connectivity index (χ1) is 14.6. The van der Waals surface area contributed by atoms with Crippen LogP contribution in [-0.2, 0) is 4.79 Å². The molecule has 30 heavy (non-hydrogen) atoms. The molecule has 3 aromatic rings. The fourth-order valence-corrected chi connectivity index (χ4v) is 4.50. The third-order valence-corrected chi connectivity index (χ3v) is 6.12. The van der Waals surface area contributed by atoms with E-state index in [0.29, 0.717) is 10.7 Å². The molecule has 1 saturated heterocycles. The maximum absolute atomic E-state index is 12.6. The Hall–Kier alpha value is -2.90. The molecule has 1 aliphatic heterocycles. The molecule has 0 bridgehead atoms. The van der Waals surface area contributed by atoms with Crippen molar-refractivity contribution in [1.82, 2.24) is 4.90 Å². The normalized spacial score (nSPS) is 15.2. The molecule has 2 aromatic carbocycles. The molecule has 2 amide bonds. The summed E-state index contributed by atoms with van der Waals surface area (Å²) in [6.45, 7) is 2.42. The first-order valence-electron chi connectivity index (χ1n) is 9.36. The molecule has 1 fully saturated rings. The van der Waals surface area contributed by atoms with Crippen molar-refractivity contribution in [2.75, 3.05) is 13.2 Å². The lowest BCUT2D eigenvalue weighted by atomic mass is 10.2. The zero-order valence-corrected chi connectivity index (χ0v) is 17.9. The van der Waals surface area contributed by atoms with Crippen molar-refractivity contribution in [3.8, 4) is 5.75 Å². The molecule has 5 nitrogen and oxygen atoms in total. The van der Waals surface area contributed by atoms with Gasteiger partial charge >= 0.3 is 0 Å². The van der Waals surface area contributed by atoms with Crippen LogP contribution in [0.25, 0.3) is 6.08 Å². The Bertz CT molecular complexity index is 1090. The average Bonchev–Trinajstić information content (AvgIpc) is 3.28. The number of hydrogen-bond acceptors (Lipinski definition) is 6. The number of benzene rings is 2. The van der Waals surface area contributed by atoms with E-state index in [4.69, 9.17) is 9.15 Å². The standard InChI is InChI=1S/C23H19NO4S2/c1-16-6-5-7-17(14-16)27-13-12-24-22(25)20(30-23(24)26)15-18-10-11-21(28-18)29-19-8-3-2-4-9-19/h2-11,14-15H,12-13H2,1H3/b20-15-. The number of aryl methyl sites for hydroxylation is 1. The SMILES string of the molecule is Cc1cccc(OCCN2C(=O)S/C(=C\c3ccc(Sc4ccccc4)o3)C2=O)c1. The van der Waals surface area contributed by atoms with E-state index in [2.05, 4.69) is 0 Å². The van der Waals surface area contributed by atoms with Crippen molar-refractivity contribution in [3.63, 3.8) is 0 Å². The summed E-state index contributed by atoms with van der Waals surface area (Å²) in [4.78, 5) is 27.5. The second kappa shape index (κ2) is 9.28. The van der Waals surface area contributed by atoms with E-state index < -0.39 is 0 Å². The summed E-state index contributed by atoms with van der Waals surface area (Å²) >= 11 is 2.41. The lowest BCUT2D eigenvalue weighted by Crippen LogP contribution is -2.32. The summed E-state index contributed by atoms with van der Waals surface area (Å²) < 4.78 is 11.4. The number of imide groups is 1. The molecule has 0 saturated carbocycles. The van der Waals surface area contributed by atoms with E-state index in [1.54, 1.807) is 12.1 Å². The van der Waals surface area contributed by atoms with Crippen LogP contribution < -0.4 is 4.74 Å². The van der Waals surface area contributed by atoms with E-state index in [0.717, 1.165) is 33.1 Å². The van der Waals surface area contributed by atoms with Crippen molar-refractivity contribution in [2.45, 2.75) is 16.9 Å². The second-order valence-electron chi connectivity index (χ2n) is 6.57. The van der Waals surface area contributed by atoms with E-state index in [1.165, 1.54) is 16.7 Å². The molecular formula is C23H19NO4S2. The van der Waals surface area contributed by atoms with E-state index in [9.17, 15) is 9.59 Å². The molecule has 1 aliphatic rings. The highest BCUT2D eigenvalue weighted by Crippen LogP contribution is 2.34. The predicted octanol–water partition coefficient (Wildman–Crippen LogP) is 5.85. The number of amides is 2. The third-order valence-electron chi connectivity index (χ3n) is 4.28. The minimum atomic E-state index is -0.327. The van der Waals surface area contributed by atoms with Gasteiger partial charge in [-0.2, -0.15) is 0 Å². The summed E-state index contributed by atoms with van der Waals surface area (Å²) in [6.07, 6.45) is 1.61. The summed E-state index contributed by atoms with van der Waals surface area (Å²) in [7, 11) is 0. The van der Waals surface area contributed by atoms with Gasteiger partial charge in [-0.3, -0.25) is 14.5 Å². The van der Waals surface area contributed by atoms with Crippen LogP contribution in [-0.4, -0.2) is 29.2 Å². The van der Waals surface area contributed by atoms with Gasteiger partial charge in [-0.15, -0.1) is 0 Å². The molecule has 0 aliphatic carbocycles. The monoisotopic (exact) mass is 437 g/mol. The molecule has 152 valence electrons. The maximum Gasteiger partial charge on any atom is 0.293 e. The highest BCUT2D eigenvalue weighted by Gasteiger charge is 2.35. The zero-order chi connectivity index (χ0) is 20.9. The molecule has 0 spiro atoms. The number of nitrogens with zero attached hydrogens (tertiary/aromatic N) is 1. The van der Waals surface area contributed by atoms with Crippen molar-refractivity contribution < 1.29 is 18.7 Å². The lowest BCUT2D eigenvalue weighted by molar-refractivity contribution is -0.123. The number of rotatable bonds is 7. The Morgan fingerprint density at radius 3 is 2.70 bits per heavy atom. The summed E-state index contributed by atoms with van der Waals surface area (Å²) in [6, 6.07) is 21.2. The molecule has 2 heterocycles. The Balaban J connectivity index is 1.37. The first kappa shape index (κ1) is 20.4. The van der Waals surface area contributed by atoms with Crippen molar-refractivity contribution in [2.24, 2.45) is 0 Å². The molecule has 0 atom stereocenters. The molecule has 0 radical (unpaired) electrons. The smallest absolute Gasteiger partial charge is 0.293 e. The molecule has 4 rings (SSSR count). The van der Waals surface area contributed by atoms with Gasteiger partial charge in [0.05, 0.1) is 11.4 Å². The van der Waals surface area contributed by atoms with Crippen molar-refractivity contribution in [1.29, 1.82) is 0 Å². The highest BCUT2D eigenvalue weighted by atomic mass is 32.2. The van der Waals surface area contributed by atoms with Crippen molar-refractivity contribution in [3.05, 3.63) is 83.0 Å². The average molecular weight is 438 g/mol. The van der Waals surface area contributed by atoms with Gasteiger partial charge in [-0.25, -0.2) is 0 Å². The number of carbonyl (C=O) groups excluding carboxylic acids is 2. The Kier molecular flexibility index (Phi) is 6.30. The largest absolute Gasteiger partial charge is 0.492 e. The van der Waals surface area contributed by atoms with Crippen LogP contribution in [0.3, 0.4) is 0 Å². The van der Waals surface area contributed by atoms with Crippen LogP contribution in [0.15, 0.2) is 86.0 Å². The molecule has 1 aromatic heterocycles. The van der Waals surface area contributed by atoms with Crippen LogP contribution in [0.5, 0.6) is 5.75 Å². The Morgan fingerprint density at radius 1 is 1.07 bits per heavy atom. The van der Waals surface area contributed by atoms with Gasteiger partial charge < -0.3 is 9.15 Å². The third kappa shape index (κ3) is 4.98. The van der Waals surface area contributed by atoms with Crippen LogP contribution in [0, 0.1) is 6.92 Å². The molecule has 0 N–H and O–H groups in total. The Morgan fingerprint density at radius 2 is 1.90 bits per heavy atom. The Labute approximate surface area is 183 Å². The lowest BCUT2D eigenvalue weighted by Gasteiger charge is -2.13. The van der Waals surface area contributed by atoms with Gasteiger partial charge in [0.1, 0.15) is 18.1 Å². The van der Waals surface area contributed by atoms with E-state index >= 15 is 0 Å². The van der Waals surface area contributed by atoms with Crippen LogP contribution >= 0.6 is 23.5 Å². The number of furan rings is 1. The number of carbonyl (C=O) groups is 2. The minimum absolute atomic E-state index is 0.198. The van der Waals surface area contributed by atoms with E-state index in [1.807, 2.05) is 67.6 Å².